The van der Waals surface area contributed by atoms with Crippen molar-refractivity contribution in [1.82, 2.24) is 4.90 Å². The number of hydrogen-bond donors (Lipinski definition) is 2. The van der Waals surface area contributed by atoms with Crippen molar-refractivity contribution in [1.29, 1.82) is 0 Å². The molecule has 2 N–H and O–H groups in total. The second kappa shape index (κ2) is 12.6. The lowest BCUT2D eigenvalue weighted by Gasteiger charge is -2.62. The summed E-state index contributed by atoms with van der Waals surface area (Å²) in [5.74, 6) is -0.293. The summed E-state index contributed by atoms with van der Waals surface area (Å²) < 4.78 is 12.6. The van der Waals surface area contributed by atoms with Gasteiger partial charge in [-0.3, -0.25) is 9.69 Å². The van der Waals surface area contributed by atoms with Crippen LogP contribution in [0.4, 0.5) is 0 Å². The van der Waals surface area contributed by atoms with Crippen molar-refractivity contribution in [3.63, 3.8) is 0 Å². The van der Waals surface area contributed by atoms with Crippen molar-refractivity contribution in [3.8, 4) is 11.1 Å². The van der Waals surface area contributed by atoms with Crippen LogP contribution in [0.2, 0.25) is 6.32 Å². The molecule has 0 amide bonds. The maximum absolute atomic E-state index is 14.5. The standard InChI is InChI=1S/C38H42BNO5/c1-36(2,3)45-35(41)34-37(23-14-24-39(42)43,27-44-25-28-15-6-4-7-16-28)26-40(34)38(29-17-8-5-9-18-29)32-21-12-10-19-30(32)31-20-11-13-22-33(31)38/h4-13,15-22,34,42-43H,14,23-27H2,1-3H3/t34-,37-/m1/s1. The minimum atomic E-state index is -1.41. The van der Waals surface area contributed by atoms with Crippen LogP contribution in [-0.4, -0.2) is 52.8 Å². The molecule has 1 heterocycles. The van der Waals surface area contributed by atoms with Gasteiger partial charge >= 0.3 is 13.1 Å². The van der Waals surface area contributed by atoms with Crippen molar-refractivity contribution < 1.29 is 24.3 Å². The van der Waals surface area contributed by atoms with Gasteiger partial charge in [0.05, 0.1) is 18.8 Å². The molecule has 0 bridgehead atoms. The SMILES string of the molecule is CC(C)(C)OC(=O)[C@H]1N(C2(c3ccccc3)c3ccccc3-c3ccccc32)C[C@]1(CCCB(O)O)COCc1ccccc1. The van der Waals surface area contributed by atoms with E-state index in [1.54, 1.807) is 0 Å². The molecule has 0 unspecified atom stereocenters. The molecule has 1 aliphatic heterocycles. The monoisotopic (exact) mass is 603 g/mol. The maximum Gasteiger partial charge on any atom is 0.451 e. The van der Waals surface area contributed by atoms with E-state index in [-0.39, 0.29) is 12.3 Å². The van der Waals surface area contributed by atoms with Gasteiger partial charge in [-0.2, -0.15) is 0 Å². The summed E-state index contributed by atoms with van der Waals surface area (Å²) in [7, 11) is -1.41. The predicted molar refractivity (Wildman–Crippen MR) is 177 cm³/mol. The molecule has 0 radical (unpaired) electrons. The van der Waals surface area contributed by atoms with Crippen LogP contribution in [0.25, 0.3) is 11.1 Å². The lowest BCUT2D eigenvalue weighted by molar-refractivity contribution is -0.202. The van der Waals surface area contributed by atoms with E-state index < -0.39 is 29.7 Å². The van der Waals surface area contributed by atoms with Crippen LogP contribution >= 0.6 is 0 Å². The largest absolute Gasteiger partial charge is 0.459 e. The zero-order valence-corrected chi connectivity index (χ0v) is 26.4. The first-order valence-electron chi connectivity index (χ1n) is 15.9. The van der Waals surface area contributed by atoms with E-state index in [0.29, 0.717) is 32.6 Å². The van der Waals surface area contributed by atoms with E-state index >= 15 is 0 Å². The third-order valence-corrected chi connectivity index (χ3v) is 9.19. The van der Waals surface area contributed by atoms with Gasteiger partial charge in [-0.05, 0) is 66.9 Å². The number of hydrogen-bond acceptors (Lipinski definition) is 6. The molecule has 4 aromatic carbocycles. The second-order valence-electron chi connectivity index (χ2n) is 13.4. The Kier molecular flexibility index (Phi) is 8.73. The van der Waals surface area contributed by atoms with Gasteiger partial charge in [-0.25, -0.2) is 0 Å². The Morgan fingerprint density at radius 2 is 1.40 bits per heavy atom. The Morgan fingerprint density at radius 1 is 0.844 bits per heavy atom. The number of ether oxygens (including phenoxy) is 2. The molecule has 1 saturated heterocycles. The Balaban J connectivity index is 1.49. The molecular formula is C38H42BNO5. The number of likely N-dealkylation sites (tertiary alicyclic amines) is 1. The van der Waals surface area contributed by atoms with Crippen LogP contribution in [0.5, 0.6) is 0 Å². The fourth-order valence-electron chi connectivity index (χ4n) is 7.46. The summed E-state index contributed by atoms with van der Waals surface area (Å²) >= 11 is 0. The highest BCUT2D eigenvalue weighted by Gasteiger charge is 2.65. The molecule has 7 heteroatoms. The van der Waals surface area contributed by atoms with Crippen LogP contribution in [0.15, 0.2) is 109 Å². The molecule has 2 aliphatic rings. The van der Waals surface area contributed by atoms with Gasteiger partial charge < -0.3 is 19.5 Å². The zero-order chi connectivity index (χ0) is 31.7. The number of nitrogens with zero attached hydrogens (tertiary/aromatic N) is 1. The number of fused-ring (bicyclic) bond motifs is 3. The van der Waals surface area contributed by atoms with Gasteiger partial charge in [0.15, 0.2) is 0 Å². The second-order valence-corrected chi connectivity index (χ2v) is 13.4. The molecule has 0 saturated carbocycles. The molecule has 4 aromatic rings. The van der Waals surface area contributed by atoms with Crippen LogP contribution in [0.1, 0.15) is 55.9 Å². The topological polar surface area (TPSA) is 79.2 Å². The molecule has 1 aliphatic carbocycles. The van der Waals surface area contributed by atoms with E-state index in [1.165, 1.54) is 0 Å². The smallest absolute Gasteiger partial charge is 0.451 e. The van der Waals surface area contributed by atoms with E-state index in [4.69, 9.17) is 9.47 Å². The summed E-state index contributed by atoms with van der Waals surface area (Å²) in [6.07, 6.45) is 1.33. The highest BCUT2D eigenvalue weighted by atomic mass is 16.6. The number of carbonyl (C=O) groups excluding carboxylic acids is 1. The summed E-state index contributed by atoms with van der Waals surface area (Å²) in [5, 5.41) is 19.5. The quantitative estimate of drug-likeness (QED) is 0.152. The van der Waals surface area contributed by atoms with Crippen molar-refractivity contribution in [2.24, 2.45) is 5.41 Å². The molecule has 45 heavy (non-hydrogen) atoms. The van der Waals surface area contributed by atoms with Gasteiger partial charge in [0.1, 0.15) is 11.6 Å². The number of rotatable bonds is 11. The highest BCUT2D eigenvalue weighted by molar-refractivity contribution is 6.40. The molecule has 0 spiro atoms. The summed E-state index contributed by atoms with van der Waals surface area (Å²) in [4.78, 5) is 16.9. The van der Waals surface area contributed by atoms with Crippen LogP contribution in [0.3, 0.4) is 0 Å². The lowest BCUT2D eigenvalue weighted by Crippen LogP contribution is -2.75. The first-order valence-corrected chi connectivity index (χ1v) is 15.9. The first-order chi connectivity index (χ1) is 21.7. The van der Waals surface area contributed by atoms with E-state index in [1.807, 2.05) is 57.2 Å². The highest BCUT2D eigenvalue weighted by Crippen LogP contribution is 2.60. The van der Waals surface area contributed by atoms with Crippen molar-refractivity contribution in [2.45, 2.75) is 63.7 Å². The fraction of sp³-hybridized carbons (Fsp3) is 0.342. The molecular weight excluding hydrogens is 561 g/mol. The summed E-state index contributed by atoms with van der Waals surface area (Å²) in [5.41, 5.74) is 4.67. The molecule has 0 aromatic heterocycles. The Hall–Kier alpha value is -3.75. The fourth-order valence-corrected chi connectivity index (χ4v) is 7.46. The van der Waals surface area contributed by atoms with Crippen LogP contribution in [-0.2, 0) is 26.4 Å². The maximum atomic E-state index is 14.5. The van der Waals surface area contributed by atoms with Crippen LogP contribution < -0.4 is 0 Å². The number of esters is 1. The minimum absolute atomic E-state index is 0.219. The van der Waals surface area contributed by atoms with E-state index in [0.717, 1.165) is 33.4 Å². The third kappa shape index (κ3) is 5.86. The van der Waals surface area contributed by atoms with Crippen molar-refractivity contribution in [3.05, 3.63) is 131 Å². The van der Waals surface area contributed by atoms with Gasteiger partial charge in [0.2, 0.25) is 0 Å². The molecule has 232 valence electrons. The third-order valence-electron chi connectivity index (χ3n) is 9.19. The van der Waals surface area contributed by atoms with Gasteiger partial charge in [0, 0.05) is 12.0 Å². The average molecular weight is 604 g/mol. The first kappa shape index (κ1) is 31.2. The lowest BCUT2D eigenvalue weighted by atomic mass is 9.62. The van der Waals surface area contributed by atoms with E-state index in [2.05, 4.69) is 77.7 Å². The molecule has 1 fully saturated rings. The number of benzene rings is 4. The Labute approximate surface area is 266 Å². The zero-order valence-electron chi connectivity index (χ0n) is 26.4. The predicted octanol–water partition coefficient (Wildman–Crippen LogP) is 6.44. The minimum Gasteiger partial charge on any atom is -0.459 e. The molecule has 2 atom stereocenters. The number of carbonyl (C=O) groups is 1. The normalized spacial score (nSPS) is 20.2. The van der Waals surface area contributed by atoms with Crippen molar-refractivity contribution >= 4 is 13.1 Å². The Bertz CT molecular complexity index is 1570. The summed E-state index contributed by atoms with van der Waals surface area (Å²) in [6.45, 7) is 7.01. The van der Waals surface area contributed by atoms with Crippen molar-refractivity contribution in [2.75, 3.05) is 13.2 Å². The Morgan fingerprint density at radius 3 is 1.98 bits per heavy atom. The molecule has 6 rings (SSSR count). The van der Waals surface area contributed by atoms with E-state index in [9.17, 15) is 14.8 Å². The average Bonchev–Trinajstić information content (AvgIpc) is 3.30. The van der Waals surface area contributed by atoms with Crippen LogP contribution in [0, 0.1) is 5.41 Å². The van der Waals surface area contributed by atoms with Gasteiger partial charge in [0.25, 0.3) is 0 Å². The molecule has 6 nitrogen and oxygen atoms in total. The van der Waals surface area contributed by atoms with Gasteiger partial charge in [-0.15, -0.1) is 0 Å². The summed E-state index contributed by atoms with van der Waals surface area (Å²) in [6, 6.07) is 36.8. The van der Waals surface area contributed by atoms with Gasteiger partial charge in [-0.1, -0.05) is 116 Å².